The van der Waals surface area contributed by atoms with Crippen molar-refractivity contribution in [3.05, 3.63) is 11.9 Å². The molecule has 0 amide bonds. The molecule has 0 rings (SSSR count). The van der Waals surface area contributed by atoms with Gasteiger partial charge in [-0.05, 0) is 12.0 Å². The second-order valence-corrected chi connectivity index (χ2v) is 4.22. The lowest BCUT2D eigenvalue weighted by molar-refractivity contribution is 0.187. The number of aliphatic hydroxyl groups is 1. The molecule has 13 heavy (non-hydrogen) atoms. The van der Waals surface area contributed by atoms with E-state index < -0.39 is 6.10 Å². The fourth-order valence-corrected chi connectivity index (χ4v) is 0.787. The van der Waals surface area contributed by atoms with Crippen molar-refractivity contribution in [2.45, 2.75) is 31.2 Å². The quantitative estimate of drug-likeness (QED) is 0.591. The first kappa shape index (κ1) is 12.8. The number of alkyl halides is 1. The summed E-state index contributed by atoms with van der Waals surface area (Å²) in [6.07, 6.45) is 2.08. The molecule has 0 aliphatic heterocycles. The van der Waals surface area contributed by atoms with Crippen molar-refractivity contribution in [1.29, 1.82) is 0 Å². The van der Waals surface area contributed by atoms with Gasteiger partial charge in [0.25, 0.3) is 0 Å². The summed E-state index contributed by atoms with van der Waals surface area (Å²) < 4.78 is 12.0. The van der Waals surface area contributed by atoms with E-state index in [-0.39, 0.29) is 4.83 Å². The van der Waals surface area contributed by atoms with Gasteiger partial charge in [-0.3, -0.25) is 4.99 Å². The van der Waals surface area contributed by atoms with E-state index in [1.807, 2.05) is 13.8 Å². The summed E-state index contributed by atoms with van der Waals surface area (Å²) in [7, 11) is 0. The minimum atomic E-state index is -0.519. The van der Waals surface area contributed by atoms with Crippen molar-refractivity contribution in [2.75, 3.05) is 6.54 Å². The second-order valence-electron chi connectivity index (χ2n) is 2.78. The Labute approximate surface area is 86.7 Å². The van der Waals surface area contributed by atoms with Crippen LogP contribution in [0.15, 0.2) is 16.9 Å². The van der Waals surface area contributed by atoms with Crippen LogP contribution in [0.2, 0.25) is 0 Å². The van der Waals surface area contributed by atoms with Gasteiger partial charge >= 0.3 is 0 Å². The molecular formula is C9H15BrFNO. The fraction of sp³-hybridized carbons (Fsp3) is 0.667. The highest BCUT2D eigenvalue weighted by atomic mass is 79.9. The van der Waals surface area contributed by atoms with Crippen LogP contribution in [0.5, 0.6) is 0 Å². The van der Waals surface area contributed by atoms with Crippen LogP contribution in [-0.4, -0.2) is 28.8 Å². The van der Waals surface area contributed by atoms with Crippen molar-refractivity contribution in [2.24, 2.45) is 4.99 Å². The van der Waals surface area contributed by atoms with Crippen molar-refractivity contribution in [3.63, 3.8) is 0 Å². The largest absolute Gasteiger partial charge is 0.390 e. The molecular weight excluding hydrogens is 237 g/mol. The SMILES string of the molecule is CCC(/C=N\C[C@@H](O)C(C)Br)=C/F. The van der Waals surface area contributed by atoms with Crippen LogP contribution in [0.4, 0.5) is 4.39 Å². The van der Waals surface area contributed by atoms with E-state index in [0.29, 0.717) is 24.9 Å². The molecule has 0 aliphatic carbocycles. The average Bonchev–Trinajstić information content (AvgIpc) is 2.12. The predicted octanol–water partition coefficient (Wildman–Crippen LogP) is 2.46. The highest BCUT2D eigenvalue weighted by Crippen LogP contribution is 2.04. The van der Waals surface area contributed by atoms with Gasteiger partial charge in [0, 0.05) is 11.0 Å². The standard InChI is InChI=1S/C9H15BrFNO/c1-3-8(4-11)5-12-6-9(13)7(2)10/h4-5,7,9,13H,3,6H2,1-2H3/b8-4-,12-5-/t7?,9-/m1/s1. The van der Waals surface area contributed by atoms with Crippen LogP contribution >= 0.6 is 15.9 Å². The lowest BCUT2D eigenvalue weighted by atomic mass is 10.2. The van der Waals surface area contributed by atoms with Crippen LogP contribution in [0.25, 0.3) is 0 Å². The van der Waals surface area contributed by atoms with Gasteiger partial charge < -0.3 is 5.11 Å². The van der Waals surface area contributed by atoms with Crippen molar-refractivity contribution >= 4 is 22.1 Å². The Balaban J connectivity index is 3.87. The first-order valence-corrected chi connectivity index (χ1v) is 5.14. The monoisotopic (exact) mass is 251 g/mol. The average molecular weight is 252 g/mol. The normalized spacial score (nSPS) is 17.8. The van der Waals surface area contributed by atoms with Gasteiger partial charge in [0.2, 0.25) is 0 Å². The third-order valence-electron chi connectivity index (χ3n) is 1.63. The van der Waals surface area contributed by atoms with Crippen LogP contribution in [0.1, 0.15) is 20.3 Å². The molecule has 76 valence electrons. The first-order chi connectivity index (χ1) is 6.11. The highest BCUT2D eigenvalue weighted by Gasteiger charge is 2.08. The maximum absolute atomic E-state index is 12.0. The molecule has 1 N–H and O–H groups in total. The minimum Gasteiger partial charge on any atom is -0.390 e. The molecule has 4 heteroatoms. The maximum atomic E-state index is 12.0. The number of rotatable bonds is 5. The van der Waals surface area contributed by atoms with Gasteiger partial charge in [0.1, 0.15) is 0 Å². The van der Waals surface area contributed by atoms with Gasteiger partial charge in [-0.25, -0.2) is 4.39 Å². The van der Waals surface area contributed by atoms with Crippen LogP contribution in [-0.2, 0) is 0 Å². The number of aliphatic hydroxyl groups excluding tert-OH is 1. The summed E-state index contributed by atoms with van der Waals surface area (Å²) in [4.78, 5) is 3.93. The molecule has 0 radical (unpaired) electrons. The first-order valence-electron chi connectivity index (χ1n) is 4.23. The molecule has 0 fully saturated rings. The summed E-state index contributed by atoms with van der Waals surface area (Å²) in [5.41, 5.74) is 0.537. The van der Waals surface area contributed by atoms with Crippen LogP contribution in [0, 0.1) is 0 Å². The summed E-state index contributed by atoms with van der Waals surface area (Å²) in [6.45, 7) is 3.98. The number of hydrogen-bond donors (Lipinski definition) is 1. The van der Waals surface area contributed by atoms with E-state index in [0.717, 1.165) is 0 Å². The van der Waals surface area contributed by atoms with E-state index in [1.165, 1.54) is 6.21 Å². The number of hydrogen-bond acceptors (Lipinski definition) is 2. The zero-order valence-electron chi connectivity index (χ0n) is 7.87. The second kappa shape index (κ2) is 7.21. The molecule has 2 atom stereocenters. The Bertz CT molecular complexity index is 192. The molecule has 1 unspecified atom stereocenters. The minimum absolute atomic E-state index is 0.00378. The zero-order valence-corrected chi connectivity index (χ0v) is 9.46. The molecule has 2 nitrogen and oxygen atoms in total. The highest BCUT2D eigenvalue weighted by molar-refractivity contribution is 9.09. The summed E-state index contributed by atoms with van der Waals surface area (Å²) >= 11 is 3.23. The van der Waals surface area contributed by atoms with E-state index in [9.17, 15) is 9.50 Å². The lowest BCUT2D eigenvalue weighted by Gasteiger charge is -2.08. The van der Waals surface area contributed by atoms with E-state index in [2.05, 4.69) is 20.9 Å². The third kappa shape index (κ3) is 5.93. The molecule has 0 aromatic heterocycles. The van der Waals surface area contributed by atoms with E-state index in [4.69, 9.17) is 0 Å². The topological polar surface area (TPSA) is 32.6 Å². The third-order valence-corrected chi connectivity index (χ3v) is 2.24. The van der Waals surface area contributed by atoms with Crippen molar-refractivity contribution in [1.82, 2.24) is 0 Å². The molecule has 0 heterocycles. The van der Waals surface area contributed by atoms with Gasteiger partial charge in [0.05, 0.1) is 19.0 Å². The summed E-state index contributed by atoms with van der Waals surface area (Å²) in [5.74, 6) is 0. The predicted molar refractivity (Wildman–Crippen MR) is 57.2 cm³/mol. The molecule has 0 aromatic carbocycles. The van der Waals surface area contributed by atoms with Crippen molar-refractivity contribution in [3.8, 4) is 0 Å². The number of aliphatic imine (C=N–C) groups is 1. The number of allylic oxidation sites excluding steroid dienone is 1. The Kier molecular flexibility index (Phi) is 7.09. The maximum Gasteiger partial charge on any atom is 0.0913 e. The Hall–Kier alpha value is -0.220. The molecule has 0 saturated heterocycles. The Morgan fingerprint density at radius 2 is 2.31 bits per heavy atom. The lowest BCUT2D eigenvalue weighted by Crippen LogP contribution is -2.20. The van der Waals surface area contributed by atoms with E-state index >= 15 is 0 Å². The van der Waals surface area contributed by atoms with Gasteiger partial charge in [-0.2, -0.15) is 0 Å². The molecule has 0 aliphatic rings. The molecule has 0 bridgehead atoms. The molecule has 0 aromatic rings. The summed E-state index contributed by atoms with van der Waals surface area (Å²) in [6, 6.07) is 0. The fourth-order valence-electron chi connectivity index (χ4n) is 0.620. The Morgan fingerprint density at radius 1 is 1.69 bits per heavy atom. The van der Waals surface area contributed by atoms with Gasteiger partial charge in [-0.1, -0.05) is 29.8 Å². The van der Waals surface area contributed by atoms with Gasteiger partial charge in [0.15, 0.2) is 0 Å². The van der Waals surface area contributed by atoms with Crippen LogP contribution < -0.4 is 0 Å². The van der Waals surface area contributed by atoms with Crippen LogP contribution in [0.3, 0.4) is 0 Å². The van der Waals surface area contributed by atoms with Crippen molar-refractivity contribution < 1.29 is 9.50 Å². The Morgan fingerprint density at radius 3 is 2.69 bits per heavy atom. The zero-order chi connectivity index (χ0) is 10.3. The molecule has 0 saturated carbocycles. The number of nitrogens with zero attached hydrogens (tertiary/aromatic N) is 1. The van der Waals surface area contributed by atoms with E-state index in [1.54, 1.807) is 0 Å². The smallest absolute Gasteiger partial charge is 0.0913 e. The summed E-state index contributed by atoms with van der Waals surface area (Å²) in [5, 5.41) is 9.31. The molecule has 0 spiro atoms. The van der Waals surface area contributed by atoms with Gasteiger partial charge in [-0.15, -0.1) is 0 Å². The number of halogens is 2.